The second-order valence-electron chi connectivity index (χ2n) is 6.92. The van der Waals surface area contributed by atoms with Gasteiger partial charge in [-0.1, -0.05) is 17.7 Å². The SMILES string of the molecule is Cc1ccc(-n2nc(C)cc2NC(=O)CN2CCC(C(N)=O)CC2)cc1. The number of hydrogen-bond acceptors (Lipinski definition) is 4. The molecule has 1 aromatic carbocycles. The Morgan fingerprint density at radius 2 is 1.85 bits per heavy atom. The number of nitrogens with two attached hydrogens (primary N) is 1. The van der Waals surface area contributed by atoms with Gasteiger partial charge >= 0.3 is 0 Å². The third-order valence-electron chi connectivity index (χ3n) is 4.73. The minimum absolute atomic E-state index is 0.0695. The van der Waals surface area contributed by atoms with Crippen LogP contribution >= 0.6 is 0 Å². The number of likely N-dealkylation sites (tertiary alicyclic amines) is 1. The Hall–Kier alpha value is -2.67. The van der Waals surface area contributed by atoms with Crippen molar-refractivity contribution in [3.63, 3.8) is 0 Å². The summed E-state index contributed by atoms with van der Waals surface area (Å²) in [7, 11) is 0. The van der Waals surface area contributed by atoms with Crippen LogP contribution in [-0.2, 0) is 9.59 Å². The van der Waals surface area contributed by atoms with Gasteiger partial charge in [0, 0.05) is 12.0 Å². The molecule has 2 aromatic rings. The molecule has 0 atom stereocenters. The van der Waals surface area contributed by atoms with Crippen molar-refractivity contribution in [1.29, 1.82) is 0 Å². The number of anilines is 1. The van der Waals surface area contributed by atoms with E-state index in [0.29, 0.717) is 38.3 Å². The van der Waals surface area contributed by atoms with Crippen LogP contribution in [0.3, 0.4) is 0 Å². The van der Waals surface area contributed by atoms with Crippen molar-refractivity contribution < 1.29 is 9.59 Å². The summed E-state index contributed by atoms with van der Waals surface area (Å²) in [6, 6.07) is 9.84. The van der Waals surface area contributed by atoms with Crippen LogP contribution in [0.25, 0.3) is 5.69 Å². The molecular formula is C19H25N5O2. The van der Waals surface area contributed by atoms with Crippen LogP contribution in [0.15, 0.2) is 30.3 Å². The topological polar surface area (TPSA) is 93.2 Å². The molecule has 1 fully saturated rings. The van der Waals surface area contributed by atoms with E-state index >= 15 is 0 Å². The zero-order chi connectivity index (χ0) is 18.7. The lowest BCUT2D eigenvalue weighted by Gasteiger charge is -2.29. The lowest BCUT2D eigenvalue weighted by Crippen LogP contribution is -2.42. The number of aryl methyl sites for hydroxylation is 2. The Balaban J connectivity index is 1.63. The molecule has 0 saturated carbocycles. The van der Waals surface area contributed by atoms with Gasteiger partial charge in [-0.2, -0.15) is 5.10 Å². The van der Waals surface area contributed by atoms with Crippen molar-refractivity contribution >= 4 is 17.6 Å². The van der Waals surface area contributed by atoms with E-state index in [1.54, 1.807) is 4.68 Å². The number of primary amides is 1. The van der Waals surface area contributed by atoms with Crippen molar-refractivity contribution in [2.45, 2.75) is 26.7 Å². The van der Waals surface area contributed by atoms with Gasteiger partial charge in [-0.15, -0.1) is 0 Å². The number of piperidine rings is 1. The standard InChI is InChI=1S/C19H25N5O2/c1-13-3-5-16(6-4-13)24-17(11-14(2)22-24)21-18(25)12-23-9-7-15(8-10-23)19(20)26/h3-6,11,15H,7-10,12H2,1-2H3,(H2,20,26)(H,21,25). The van der Waals surface area contributed by atoms with E-state index in [9.17, 15) is 9.59 Å². The van der Waals surface area contributed by atoms with Crippen molar-refractivity contribution in [2.75, 3.05) is 25.0 Å². The highest BCUT2D eigenvalue weighted by atomic mass is 16.2. The Morgan fingerprint density at radius 1 is 1.19 bits per heavy atom. The molecule has 2 heterocycles. The first-order valence-corrected chi connectivity index (χ1v) is 8.87. The Bertz CT molecular complexity index is 789. The van der Waals surface area contributed by atoms with Gasteiger partial charge in [0.2, 0.25) is 11.8 Å². The molecule has 1 aliphatic rings. The van der Waals surface area contributed by atoms with Gasteiger partial charge in [0.05, 0.1) is 17.9 Å². The Labute approximate surface area is 153 Å². The van der Waals surface area contributed by atoms with Crippen molar-refractivity contribution in [1.82, 2.24) is 14.7 Å². The number of nitrogens with one attached hydrogen (secondary N) is 1. The first-order chi connectivity index (χ1) is 12.4. The van der Waals surface area contributed by atoms with Gasteiger partial charge in [-0.25, -0.2) is 4.68 Å². The summed E-state index contributed by atoms with van der Waals surface area (Å²) in [5, 5.41) is 7.43. The lowest BCUT2D eigenvalue weighted by atomic mass is 9.96. The van der Waals surface area contributed by atoms with Crippen LogP contribution in [0, 0.1) is 19.8 Å². The molecule has 0 aliphatic carbocycles. The van der Waals surface area contributed by atoms with E-state index in [1.807, 2.05) is 49.1 Å². The molecule has 1 aliphatic heterocycles. The summed E-state index contributed by atoms with van der Waals surface area (Å²) < 4.78 is 1.74. The highest BCUT2D eigenvalue weighted by molar-refractivity contribution is 5.91. The zero-order valence-electron chi connectivity index (χ0n) is 15.2. The van der Waals surface area contributed by atoms with Crippen molar-refractivity contribution in [3.8, 4) is 5.69 Å². The zero-order valence-corrected chi connectivity index (χ0v) is 15.2. The van der Waals surface area contributed by atoms with Gasteiger partial charge in [0.15, 0.2) is 0 Å². The molecule has 0 bridgehead atoms. The summed E-state index contributed by atoms with van der Waals surface area (Å²) in [6.07, 6.45) is 1.42. The van der Waals surface area contributed by atoms with Gasteiger partial charge in [-0.3, -0.25) is 14.5 Å². The molecule has 1 saturated heterocycles. The fourth-order valence-corrected chi connectivity index (χ4v) is 3.23. The molecule has 0 spiro atoms. The lowest BCUT2D eigenvalue weighted by molar-refractivity contribution is -0.123. The Kier molecular flexibility index (Phi) is 5.37. The fraction of sp³-hybridized carbons (Fsp3) is 0.421. The minimum atomic E-state index is -0.244. The largest absolute Gasteiger partial charge is 0.369 e. The van der Waals surface area contributed by atoms with Crippen LogP contribution < -0.4 is 11.1 Å². The number of rotatable bonds is 5. The summed E-state index contributed by atoms with van der Waals surface area (Å²) in [4.78, 5) is 25.7. The number of aromatic nitrogens is 2. The molecule has 3 N–H and O–H groups in total. The van der Waals surface area contributed by atoms with E-state index in [4.69, 9.17) is 5.73 Å². The van der Waals surface area contributed by atoms with E-state index in [0.717, 1.165) is 11.4 Å². The second-order valence-corrected chi connectivity index (χ2v) is 6.92. The van der Waals surface area contributed by atoms with E-state index in [-0.39, 0.29) is 17.7 Å². The van der Waals surface area contributed by atoms with Gasteiger partial charge in [-0.05, 0) is 51.9 Å². The number of carbonyl (C=O) groups excluding carboxylic acids is 2. The predicted molar refractivity (Wildman–Crippen MR) is 100 cm³/mol. The van der Waals surface area contributed by atoms with Crippen molar-refractivity contribution in [3.05, 3.63) is 41.6 Å². The molecular weight excluding hydrogens is 330 g/mol. The molecule has 138 valence electrons. The predicted octanol–water partition coefficient (Wildman–Crippen LogP) is 1.62. The quantitative estimate of drug-likeness (QED) is 0.852. The molecule has 3 rings (SSSR count). The number of hydrogen-bond donors (Lipinski definition) is 2. The molecule has 26 heavy (non-hydrogen) atoms. The number of amides is 2. The molecule has 0 unspecified atom stereocenters. The third kappa shape index (κ3) is 4.29. The number of benzene rings is 1. The average Bonchev–Trinajstić information content (AvgIpc) is 2.96. The highest BCUT2D eigenvalue weighted by Gasteiger charge is 2.24. The third-order valence-corrected chi connectivity index (χ3v) is 4.73. The summed E-state index contributed by atoms with van der Waals surface area (Å²) in [5.74, 6) is 0.255. The van der Waals surface area contributed by atoms with E-state index in [1.165, 1.54) is 5.56 Å². The van der Waals surface area contributed by atoms with Crippen LogP contribution in [0.2, 0.25) is 0 Å². The van der Waals surface area contributed by atoms with Crippen LogP contribution in [0.1, 0.15) is 24.1 Å². The number of carbonyl (C=O) groups is 2. The Morgan fingerprint density at radius 3 is 2.46 bits per heavy atom. The molecule has 0 radical (unpaired) electrons. The van der Waals surface area contributed by atoms with E-state index in [2.05, 4.69) is 10.4 Å². The van der Waals surface area contributed by atoms with Crippen molar-refractivity contribution in [2.24, 2.45) is 11.7 Å². The first kappa shape index (κ1) is 18.1. The second kappa shape index (κ2) is 7.70. The van der Waals surface area contributed by atoms with Crippen LogP contribution in [-0.4, -0.2) is 46.1 Å². The fourth-order valence-electron chi connectivity index (χ4n) is 3.23. The molecule has 1 aromatic heterocycles. The van der Waals surface area contributed by atoms with Crippen LogP contribution in [0.5, 0.6) is 0 Å². The monoisotopic (exact) mass is 355 g/mol. The smallest absolute Gasteiger partial charge is 0.239 e. The normalized spacial score (nSPS) is 15.8. The highest BCUT2D eigenvalue weighted by Crippen LogP contribution is 2.19. The minimum Gasteiger partial charge on any atom is -0.369 e. The average molecular weight is 355 g/mol. The summed E-state index contributed by atoms with van der Waals surface area (Å²) in [6.45, 7) is 5.63. The molecule has 7 nitrogen and oxygen atoms in total. The van der Waals surface area contributed by atoms with Gasteiger partial charge in [0.1, 0.15) is 5.82 Å². The molecule has 2 amide bonds. The maximum absolute atomic E-state index is 12.5. The maximum atomic E-state index is 12.5. The van der Waals surface area contributed by atoms with Crippen LogP contribution in [0.4, 0.5) is 5.82 Å². The summed E-state index contributed by atoms with van der Waals surface area (Å²) in [5.41, 5.74) is 8.26. The van der Waals surface area contributed by atoms with Gasteiger partial charge < -0.3 is 11.1 Å². The van der Waals surface area contributed by atoms with E-state index < -0.39 is 0 Å². The molecule has 7 heteroatoms. The number of nitrogens with zero attached hydrogens (tertiary/aromatic N) is 3. The van der Waals surface area contributed by atoms with Gasteiger partial charge in [0.25, 0.3) is 0 Å². The summed E-state index contributed by atoms with van der Waals surface area (Å²) >= 11 is 0. The maximum Gasteiger partial charge on any atom is 0.239 e. The first-order valence-electron chi connectivity index (χ1n) is 8.87.